The molecule has 62 valence electrons. The predicted octanol–water partition coefficient (Wildman–Crippen LogP) is -1.67. The van der Waals surface area contributed by atoms with Crippen LogP contribution < -0.4 is 16.5 Å². The highest BCUT2D eigenvalue weighted by molar-refractivity contribution is 5.82. The number of hydrogen-bond acceptors (Lipinski definition) is 4. The Hall–Kier alpha value is -0.650. The van der Waals surface area contributed by atoms with Gasteiger partial charge in [-0.05, 0) is 12.8 Å². The maximum absolute atomic E-state index is 11.2. The molecule has 0 aliphatic carbocycles. The molecule has 2 fully saturated rings. The minimum atomic E-state index is -0.406. The van der Waals surface area contributed by atoms with Crippen LogP contribution >= 0.6 is 0 Å². The molecule has 2 heterocycles. The Morgan fingerprint density at radius 1 is 1.64 bits per heavy atom. The number of carbonyl (C=O) groups is 1. The maximum Gasteiger partial charge on any atom is 0.241 e. The number of hydrogen-bond donors (Lipinski definition) is 3. The summed E-state index contributed by atoms with van der Waals surface area (Å²) in [5, 5.41) is 4.56. The van der Waals surface area contributed by atoms with Gasteiger partial charge in [-0.2, -0.15) is 0 Å². The standard InChI is InChI=1S/C6H12N4O/c7-6-8-5(11)4-2-1-3-10(4)9-6/h4,6,9H,1-3,7H2,(H,8,11). The summed E-state index contributed by atoms with van der Waals surface area (Å²) in [5.41, 5.74) is 8.48. The van der Waals surface area contributed by atoms with Gasteiger partial charge in [-0.25, -0.2) is 10.4 Å². The highest BCUT2D eigenvalue weighted by Gasteiger charge is 2.35. The summed E-state index contributed by atoms with van der Waals surface area (Å²) >= 11 is 0. The highest BCUT2D eigenvalue weighted by Crippen LogP contribution is 2.16. The van der Waals surface area contributed by atoms with Gasteiger partial charge in [0, 0.05) is 6.54 Å². The van der Waals surface area contributed by atoms with E-state index in [9.17, 15) is 4.79 Å². The number of nitrogens with two attached hydrogens (primary N) is 1. The molecule has 2 saturated heterocycles. The summed E-state index contributed by atoms with van der Waals surface area (Å²) in [6.45, 7) is 0.922. The van der Waals surface area contributed by atoms with Crippen LogP contribution in [0.2, 0.25) is 0 Å². The van der Waals surface area contributed by atoms with Crippen molar-refractivity contribution >= 4 is 5.91 Å². The second-order valence-electron chi connectivity index (χ2n) is 2.97. The van der Waals surface area contributed by atoms with Gasteiger partial charge in [0.25, 0.3) is 0 Å². The molecule has 5 heteroatoms. The largest absolute Gasteiger partial charge is 0.326 e. The van der Waals surface area contributed by atoms with Gasteiger partial charge in [0.2, 0.25) is 5.91 Å². The Bertz CT molecular complexity index is 183. The van der Waals surface area contributed by atoms with Gasteiger partial charge >= 0.3 is 0 Å². The number of nitrogens with zero attached hydrogens (tertiary/aromatic N) is 1. The molecule has 0 aromatic heterocycles. The quantitative estimate of drug-likeness (QED) is 0.392. The van der Waals surface area contributed by atoms with Crippen LogP contribution in [0.5, 0.6) is 0 Å². The lowest BCUT2D eigenvalue weighted by molar-refractivity contribution is -0.132. The average molecular weight is 156 g/mol. The lowest BCUT2D eigenvalue weighted by Crippen LogP contribution is -2.67. The molecule has 0 aromatic carbocycles. The van der Waals surface area contributed by atoms with Gasteiger partial charge in [-0.3, -0.25) is 10.5 Å². The van der Waals surface area contributed by atoms with Crippen molar-refractivity contribution in [3.63, 3.8) is 0 Å². The first-order valence-electron chi connectivity index (χ1n) is 3.86. The highest BCUT2D eigenvalue weighted by atomic mass is 16.2. The van der Waals surface area contributed by atoms with E-state index in [-0.39, 0.29) is 11.9 Å². The lowest BCUT2D eigenvalue weighted by Gasteiger charge is -2.33. The van der Waals surface area contributed by atoms with Crippen molar-refractivity contribution in [3.8, 4) is 0 Å². The molecule has 11 heavy (non-hydrogen) atoms. The van der Waals surface area contributed by atoms with Gasteiger partial charge in [0.05, 0.1) is 0 Å². The fourth-order valence-corrected chi connectivity index (χ4v) is 1.65. The Balaban J connectivity index is 2.10. The summed E-state index contributed by atoms with van der Waals surface area (Å²) in [6, 6.07) is 0.00907. The Morgan fingerprint density at radius 2 is 2.45 bits per heavy atom. The summed E-state index contributed by atoms with van der Waals surface area (Å²) in [6.07, 6.45) is 1.60. The van der Waals surface area contributed by atoms with Gasteiger partial charge in [0.15, 0.2) is 0 Å². The molecule has 2 rings (SSSR count). The van der Waals surface area contributed by atoms with Crippen LogP contribution in [0.4, 0.5) is 0 Å². The van der Waals surface area contributed by atoms with Crippen LogP contribution in [-0.2, 0) is 4.79 Å². The topological polar surface area (TPSA) is 70.4 Å². The van der Waals surface area contributed by atoms with Crippen molar-refractivity contribution in [1.82, 2.24) is 15.8 Å². The van der Waals surface area contributed by atoms with E-state index in [2.05, 4.69) is 10.7 Å². The van der Waals surface area contributed by atoms with E-state index in [4.69, 9.17) is 5.73 Å². The fraction of sp³-hybridized carbons (Fsp3) is 0.833. The first-order valence-corrected chi connectivity index (χ1v) is 3.86. The van der Waals surface area contributed by atoms with Crippen molar-refractivity contribution in [2.24, 2.45) is 5.73 Å². The molecule has 2 aliphatic heterocycles. The van der Waals surface area contributed by atoms with Crippen LogP contribution in [-0.4, -0.2) is 29.8 Å². The molecule has 1 amide bonds. The van der Waals surface area contributed by atoms with Crippen molar-refractivity contribution < 1.29 is 4.79 Å². The molecule has 0 aromatic rings. The Morgan fingerprint density at radius 3 is 3.27 bits per heavy atom. The number of fused-ring (bicyclic) bond motifs is 1. The van der Waals surface area contributed by atoms with Crippen LogP contribution in [0, 0.1) is 0 Å². The SMILES string of the molecule is NC1NC(=O)C2CCCN2N1. The Kier molecular flexibility index (Phi) is 1.56. The molecule has 4 N–H and O–H groups in total. The predicted molar refractivity (Wildman–Crippen MR) is 39.0 cm³/mol. The first kappa shape index (κ1) is 7.02. The number of carbonyl (C=O) groups excluding carboxylic acids is 1. The number of hydrazine groups is 1. The van der Waals surface area contributed by atoms with Gasteiger partial charge < -0.3 is 5.32 Å². The van der Waals surface area contributed by atoms with Crippen LogP contribution in [0.1, 0.15) is 12.8 Å². The third-order valence-corrected chi connectivity index (χ3v) is 2.16. The first-order chi connectivity index (χ1) is 5.27. The van der Waals surface area contributed by atoms with Gasteiger partial charge in [-0.15, -0.1) is 0 Å². The smallest absolute Gasteiger partial charge is 0.241 e. The lowest BCUT2D eigenvalue weighted by atomic mass is 10.2. The minimum Gasteiger partial charge on any atom is -0.326 e. The van der Waals surface area contributed by atoms with E-state index in [1.165, 1.54) is 0 Å². The molecular weight excluding hydrogens is 144 g/mol. The van der Waals surface area contributed by atoms with Crippen molar-refractivity contribution in [3.05, 3.63) is 0 Å². The zero-order valence-electron chi connectivity index (χ0n) is 6.21. The normalized spacial score (nSPS) is 38.5. The van der Waals surface area contributed by atoms with Gasteiger partial charge in [0.1, 0.15) is 12.3 Å². The molecule has 2 unspecified atom stereocenters. The second kappa shape index (κ2) is 2.44. The van der Waals surface area contributed by atoms with Crippen LogP contribution in [0.25, 0.3) is 0 Å². The minimum absolute atomic E-state index is 0.00907. The number of nitrogens with one attached hydrogen (secondary N) is 2. The average Bonchev–Trinajstić information content (AvgIpc) is 2.34. The summed E-state index contributed by atoms with van der Waals surface area (Å²) in [5.74, 6) is 0.0498. The molecular formula is C6H12N4O. The third kappa shape index (κ3) is 1.11. The molecule has 0 bridgehead atoms. The van der Waals surface area contributed by atoms with E-state index >= 15 is 0 Å². The monoisotopic (exact) mass is 156 g/mol. The maximum atomic E-state index is 11.2. The van der Waals surface area contributed by atoms with E-state index in [0.29, 0.717) is 0 Å². The molecule has 0 spiro atoms. The molecule has 0 radical (unpaired) electrons. The van der Waals surface area contributed by atoms with Crippen molar-refractivity contribution in [2.45, 2.75) is 25.2 Å². The third-order valence-electron chi connectivity index (χ3n) is 2.16. The van der Waals surface area contributed by atoms with E-state index in [0.717, 1.165) is 19.4 Å². The van der Waals surface area contributed by atoms with Gasteiger partial charge in [-0.1, -0.05) is 0 Å². The molecule has 5 nitrogen and oxygen atoms in total. The second-order valence-corrected chi connectivity index (χ2v) is 2.97. The number of amides is 1. The van der Waals surface area contributed by atoms with E-state index in [1.54, 1.807) is 0 Å². The fourth-order valence-electron chi connectivity index (χ4n) is 1.65. The summed E-state index contributed by atoms with van der Waals surface area (Å²) in [4.78, 5) is 11.2. The van der Waals surface area contributed by atoms with Crippen LogP contribution in [0.3, 0.4) is 0 Å². The molecule has 2 aliphatic rings. The Labute approximate surface area is 64.9 Å². The summed E-state index contributed by atoms with van der Waals surface area (Å²) in [7, 11) is 0. The zero-order valence-corrected chi connectivity index (χ0v) is 6.21. The van der Waals surface area contributed by atoms with Crippen molar-refractivity contribution in [2.75, 3.05) is 6.54 Å². The van der Waals surface area contributed by atoms with E-state index < -0.39 is 6.29 Å². The zero-order chi connectivity index (χ0) is 7.84. The van der Waals surface area contributed by atoms with Crippen LogP contribution in [0.15, 0.2) is 0 Å². The molecule has 0 saturated carbocycles. The van der Waals surface area contributed by atoms with Crippen molar-refractivity contribution in [1.29, 1.82) is 0 Å². The summed E-state index contributed by atoms with van der Waals surface area (Å²) < 4.78 is 0. The number of rotatable bonds is 0. The van der Waals surface area contributed by atoms with E-state index in [1.807, 2.05) is 5.01 Å². The molecule has 2 atom stereocenters.